The van der Waals surface area contributed by atoms with E-state index in [4.69, 9.17) is 4.74 Å². The molecule has 0 aliphatic heterocycles. The standard InChI is InChI=1S/C25H24F3N7O2S/c1-4-29-24-33-13-20(38-24)15-5-7-18(8-6-15)37-23-31-11-17(12-32-23)34-22(36)35-19-9-16(25(26,27)28)10-30-21(19)14(2)3/h5-14H,4H2,1-3H3,(H,29,33)(H2,34,35,36). The average molecular weight is 544 g/mol. The van der Waals surface area contributed by atoms with E-state index in [0.29, 0.717) is 11.4 Å². The van der Waals surface area contributed by atoms with Gasteiger partial charge in [0.1, 0.15) is 5.75 Å². The molecule has 4 aromatic rings. The Balaban J connectivity index is 1.37. The summed E-state index contributed by atoms with van der Waals surface area (Å²) in [6, 6.07) is 7.50. The minimum absolute atomic E-state index is 0.0344. The smallest absolute Gasteiger partial charge is 0.417 e. The number of carbonyl (C=O) groups excluding carboxylic acids is 1. The van der Waals surface area contributed by atoms with Gasteiger partial charge in [-0.2, -0.15) is 13.2 Å². The number of alkyl halides is 3. The van der Waals surface area contributed by atoms with Gasteiger partial charge in [-0.05, 0) is 48.7 Å². The quantitative estimate of drug-likeness (QED) is 0.219. The van der Waals surface area contributed by atoms with E-state index in [2.05, 4.69) is 35.9 Å². The zero-order valence-electron chi connectivity index (χ0n) is 20.6. The highest BCUT2D eigenvalue weighted by Gasteiger charge is 2.32. The Kier molecular flexibility index (Phi) is 8.05. The van der Waals surface area contributed by atoms with E-state index >= 15 is 0 Å². The van der Waals surface area contributed by atoms with E-state index in [0.717, 1.165) is 34.4 Å². The number of carbonyl (C=O) groups is 1. The van der Waals surface area contributed by atoms with Gasteiger partial charge in [-0.1, -0.05) is 25.2 Å². The van der Waals surface area contributed by atoms with Gasteiger partial charge in [-0.3, -0.25) is 4.98 Å². The molecule has 0 saturated heterocycles. The summed E-state index contributed by atoms with van der Waals surface area (Å²) in [6.07, 6.45) is 0.610. The van der Waals surface area contributed by atoms with Crippen molar-refractivity contribution in [1.82, 2.24) is 19.9 Å². The maximum Gasteiger partial charge on any atom is 0.417 e. The Morgan fingerprint density at radius 2 is 1.71 bits per heavy atom. The molecule has 0 atom stereocenters. The number of rotatable bonds is 8. The predicted octanol–water partition coefficient (Wildman–Crippen LogP) is 7.01. The van der Waals surface area contributed by atoms with Gasteiger partial charge in [0, 0.05) is 18.9 Å². The zero-order chi connectivity index (χ0) is 27.3. The molecule has 1 aromatic carbocycles. The molecule has 4 rings (SSSR count). The van der Waals surface area contributed by atoms with Crippen LogP contribution in [-0.2, 0) is 6.18 Å². The molecule has 3 aromatic heterocycles. The first-order valence-corrected chi connectivity index (χ1v) is 12.4. The Bertz CT molecular complexity index is 1390. The normalized spacial score (nSPS) is 11.3. The van der Waals surface area contributed by atoms with E-state index in [1.807, 2.05) is 19.1 Å². The van der Waals surface area contributed by atoms with E-state index < -0.39 is 17.8 Å². The molecule has 0 fully saturated rings. The number of pyridine rings is 1. The molecule has 38 heavy (non-hydrogen) atoms. The number of ether oxygens (including phenoxy) is 1. The molecule has 13 heteroatoms. The maximum atomic E-state index is 13.1. The van der Waals surface area contributed by atoms with Crippen molar-refractivity contribution in [2.45, 2.75) is 32.9 Å². The van der Waals surface area contributed by atoms with Crippen molar-refractivity contribution in [3.63, 3.8) is 0 Å². The third-order valence-corrected chi connectivity index (χ3v) is 6.11. The van der Waals surface area contributed by atoms with E-state index in [1.165, 1.54) is 12.4 Å². The lowest BCUT2D eigenvalue weighted by atomic mass is 10.1. The number of thiazole rings is 1. The summed E-state index contributed by atoms with van der Waals surface area (Å²) in [4.78, 5) is 29.8. The van der Waals surface area contributed by atoms with Crippen LogP contribution >= 0.6 is 11.3 Å². The topological polar surface area (TPSA) is 114 Å². The number of aromatic nitrogens is 4. The number of amides is 2. The van der Waals surface area contributed by atoms with Crippen LogP contribution < -0.4 is 20.7 Å². The molecular weight excluding hydrogens is 519 g/mol. The molecule has 0 saturated carbocycles. The predicted molar refractivity (Wildman–Crippen MR) is 140 cm³/mol. The molecule has 0 spiro atoms. The number of halogens is 3. The SMILES string of the molecule is CCNc1ncc(-c2ccc(Oc3ncc(NC(=O)Nc4cc(C(F)(F)F)cnc4C(C)C)cn3)cc2)s1. The fourth-order valence-electron chi connectivity index (χ4n) is 3.34. The lowest BCUT2D eigenvalue weighted by Crippen LogP contribution is -2.22. The van der Waals surface area contributed by atoms with Gasteiger partial charge in [0.05, 0.1) is 39.9 Å². The van der Waals surface area contributed by atoms with E-state index in [1.54, 1.807) is 43.5 Å². The number of nitrogens with zero attached hydrogens (tertiary/aromatic N) is 4. The molecule has 0 aliphatic rings. The van der Waals surface area contributed by atoms with Gasteiger partial charge in [-0.15, -0.1) is 0 Å². The Hall–Kier alpha value is -4.26. The van der Waals surface area contributed by atoms with Crippen LogP contribution in [0.2, 0.25) is 0 Å². The molecule has 9 nitrogen and oxygen atoms in total. The highest BCUT2D eigenvalue weighted by Crippen LogP contribution is 2.33. The average Bonchev–Trinajstić information content (AvgIpc) is 3.34. The number of nitrogens with one attached hydrogen (secondary N) is 3. The maximum absolute atomic E-state index is 13.1. The molecule has 0 radical (unpaired) electrons. The lowest BCUT2D eigenvalue weighted by Gasteiger charge is -2.16. The number of anilines is 3. The Labute approximate surface area is 220 Å². The molecule has 0 unspecified atom stereocenters. The fraction of sp³-hybridized carbons (Fsp3) is 0.240. The van der Waals surface area contributed by atoms with E-state index in [9.17, 15) is 18.0 Å². The zero-order valence-corrected chi connectivity index (χ0v) is 21.4. The highest BCUT2D eigenvalue weighted by molar-refractivity contribution is 7.18. The van der Waals surface area contributed by atoms with Crippen LogP contribution in [0.4, 0.5) is 34.5 Å². The second-order valence-corrected chi connectivity index (χ2v) is 9.36. The lowest BCUT2D eigenvalue weighted by molar-refractivity contribution is -0.137. The Morgan fingerprint density at radius 3 is 2.34 bits per heavy atom. The van der Waals surface area contributed by atoms with Crippen molar-refractivity contribution in [1.29, 1.82) is 0 Å². The fourth-order valence-corrected chi connectivity index (χ4v) is 4.23. The van der Waals surface area contributed by atoms with Gasteiger partial charge in [0.25, 0.3) is 0 Å². The van der Waals surface area contributed by atoms with Crippen LogP contribution in [-0.4, -0.2) is 32.5 Å². The van der Waals surface area contributed by atoms with Crippen LogP contribution in [0.3, 0.4) is 0 Å². The molecule has 2 amide bonds. The van der Waals surface area contributed by atoms with Crippen LogP contribution in [0.5, 0.6) is 11.8 Å². The summed E-state index contributed by atoms with van der Waals surface area (Å²) in [5.41, 5.74) is 0.542. The van der Waals surface area contributed by atoms with Crippen LogP contribution in [0, 0.1) is 0 Å². The van der Waals surface area contributed by atoms with Crippen molar-refractivity contribution < 1.29 is 22.7 Å². The van der Waals surface area contributed by atoms with Crippen molar-refractivity contribution in [2.24, 2.45) is 0 Å². The molecule has 3 N–H and O–H groups in total. The van der Waals surface area contributed by atoms with Crippen LogP contribution in [0.1, 0.15) is 37.9 Å². The molecule has 3 heterocycles. The summed E-state index contributed by atoms with van der Waals surface area (Å²) < 4.78 is 45.0. The van der Waals surface area contributed by atoms with Gasteiger partial charge < -0.3 is 20.7 Å². The summed E-state index contributed by atoms with van der Waals surface area (Å²) in [5, 5.41) is 8.95. The summed E-state index contributed by atoms with van der Waals surface area (Å²) >= 11 is 1.55. The van der Waals surface area contributed by atoms with Crippen molar-refractivity contribution in [3.8, 4) is 22.2 Å². The summed E-state index contributed by atoms with van der Waals surface area (Å²) in [6.45, 7) is 6.33. The van der Waals surface area contributed by atoms with Crippen LogP contribution in [0.25, 0.3) is 10.4 Å². The van der Waals surface area contributed by atoms with Crippen molar-refractivity contribution in [3.05, 3.63) is 66.4 Å². The number of hydrogen-bond donors (Lipinski definition) is 3. The van der Waals surface area contributed by atoms with Gasteiger partial charge in [0.15, 0.2) is 5.13 Å². The number of urea groups is 1. The molecule has 0 bridgehead atoms. The van der Waals surface area contributed by atoms with E-state index in [-0.39, 0.29) is 23.3 Å². The Morgan fingerprint density at radius 1 is 1.00 bits per heavy atom. The van der Waals surface area contributed by atoms with Gasteiger partial charge >= 0.3 is 18.2 Å². The molecule has 198 valence electrons. The summed E-state index contributed by atoms with van der Waals surface area (Å²) in [7, 11) is 0. The van der Waals surface area contributed by atoms with Crippen LogP contribution in [0.15, 0.2) is 55.1 Å². The third kappa shape index (κ3) is 6.73. The molecule has 0 aliphatic carbocycles. The van der Waals surface area contributed by atoms with Crippen molar-refractivity contribution >= 4 is 33.9 Å². The third-order valence-electron chi connectivity index (χ3n) is 5.11. The highest BCUT2D eigenvalue weighted by atomic mass is 32.1. The first kappa shape index (κ1) is 26.8. The molecular formula is C25H24F3N7O2S. The summed E-state index contributed by atoms with van der Waals surface area (Å²) in [5.74, 6) is 0.306. The van der Waals surface area contributed by atoms with Gasteiger partial charge in [-0.25, -0.2) is 19.7 Å². The minimum atomic E-state index is -4.59. The first-order chi connectivity index (χ1) is 18.1. The largest absolute Gasteiger partial charge is 0.424 e. The van der Waals surface area contributed by atoms with Gasteiger partial charge in [0.2, 0.25) is 0 Å². The first-order valence-electron chi connectivity index (χ1n) is 11.6. The number of hydrogen-bond acceptors (Lipinski definition) is 8. The number of benzene rings is 1. The van der Waals surface area contributed by atoms with Crippen molar-refractivity contribution in [2.75, 3.05) is 22.5 Å². The minimum Gasteiger partial charge on any atom is -0.424 e. The second kappa shape index (κ2) is 11.4. The monoisotopic (exact) mass is 543 g/mol. The second-order valence-electron chi connectivity index (χ2n) is 8.33.